The van der Waals surface area contributed by atoms with Crippen LogP contribution in [0.1, 0.15) is 374 Å². The number of allylic oxidation sites excluding steroid dienone is 10. The van der Waals surface area contributed by atoms with Gasteiger partial charge in [0.25, 0.3) is 0 Å². The average Bonchev–Trinajstić information content (AvgIpc) is 0.935. The van der Waals surface area contributed by atoms with Crippen molar-refractivity contribution in [2.24, 2.45) is 0 Å². The Bertz CT molecular complexity index is 2130. The van der Waals surface area contributed by atoms with Crippen molar-refractivity contribution < 1.29 is 80.2 Å². The Morgan fingerprint density at radius 1 is 0.280 bits per heavy atom. The minimum Gasteiger partial charge on any atom is -0.462 e. The van der Waals surface area contributed by atoms with Crippen molar-refractivity contribution in [1.29, 1.82) is 0 Å². The van der Waals surface area contributed by atoms with Gasteiger partial charge in [0.1, 0.15) is 19.3 Å². The predicted molar refractivity (Wildman–Crippen MR) is 409 cm³/mol. The number of phosphoric acid groups is 2. The Balaban J connectivity index is 5.31. The van der Waals surface area contributed by atoms with Gasteiger partial charge >= 0.3 is 39.5 Å². The van der Waals surface area contributed by atoms with Crippen molar-refractivity contribution in [2.45, 2.75) is 393 Å². The van der Waals surface area contributed by atoms with Crippen molar-refractivity contribution in [1.82, 2.24) is 0 Å². The van der Waals surface area contributed by atoms with Gasteiger partial charge in [0.2, 0.25) is 0 Å². The number of aliphatic hydroxyl groups excluding tert-OH is 1. The van der Waals surface area contributed by atoms with Gasteiger partial charge in [-0.15, -0.1) is 0 Å². The van der Waals surface area contributed by atoms with Crippen LogP contribution in [0.4, 0.5) is 0 Å². The van der Waals surface area contributed by atoms with Crippen LogP contribution in [-0.2, 0) is 65.4 Å². The predicted octanol–water partition coefficient (Wildman–Crippen LogP) is 23.5. The number of unbranched alkanes of at least 4 members (excludes halogenated alkanes) is 41. The molecule has 0 aliphatic carbocycles. The Kier molecular flexibility index (Phi) is 71.6. The number of phosphoric ester groups is 2. The third-order valence-electron chi connectivity index (χ3n) is 17.5. The molecule has 0 spiro atoms. The third-order valence-corrected chi connectivity index (χ3v) is 19.4. The van der Waals surface area contributed by atoms with Crippen molar-refractivity contribution in [3.05, 3.63) is 60.8 Å². The molecule has 0 aliphatic rings. The molecule has 3 N–H and O–H groups in total. The molecule has 0 saturated heterocycles. The molecule has 17 nitrogen and oxygen atoms in total. The summed E-state index contributed by atoms with van der Waals surface area (Å²) in [6.07, 6.45) is 73.3. The molecule has 0 radical (unpaired) electrons. The number of aliphatic hydroxyl groups is 1. The smallest absolute Gasteiger partial charge is 0.462 e. The van der Waals surface area contributed by atoms with Gasteiger partial charge in [-0.2, -0.15) is 0 Å². The molecule has 5 unspecified atom stereocenters. The first-order valence-corrected chi connectivity index (χ1v) is 43.5. The molecule has 0 rings (SSSR count). The SMILES string of the molecule is CCCCC/C=C\C/C=C\C/C=C\CCCCCCCCC(=O)OCC(COP(=O)(O)OCC(O)COP(=O)(O)OCC(COC(=O)CCCCCCCCCCCCCCCCC)OC(=O)CCCCCCC/C=C\CCCCCC)OC(=O)CCCCCCC/C=C\CCCCCC. The third kappa shape index (κ3) is 73.1. The van der Waals surface area contributed by atoms with E-state index in [1.54, 1.807) is 0 Å². The van der Waals surface area contributed by atoms with Crippen LogP contribution in [0, 0.1) is 0 Å². The largest absolute Gasteiger partial charge is 0.472 e. The fourth-order valence-electron chi connectivity index (χ4n) is 11.2. The molecule has 0 aromatic carbocycles. The topological polar surface area (TPSA) is 237 Å². The van der Waals surface area contributed by atoms with Crippen molar-refractivity contribution in [3.8, 4) is 0 Å². The van der Waals surface area contributed by atoms with Crippen LogP contribution in [0.5, 0.6) is 0 Å². The summed E-state index contributed by atoms with van der Waals surface area (Å²) in [5.74, 6) is -2.17. The summed E-state index contributed by atoms with van der Waals surface area (Å²) >= 11 is 0. The fourth-order valence-corrected chi connectivity index (χ4v) is 12.8. The molecule has 0 amide bonds. The molecule has 0 bridgehead atoms. The van der Waals surface area contributed by atoms with E-state index in [1.165, 1.54) is 141 Å². The summed E-state index contributed by atoms with van der Waals surface area (Å²) in [5, 5.41) is 10.6. The second-order valence-electron chi connectivity index (χ2n) is 27.4. The molecular weight excluding hydrogens is 1310 g/mol. The molecule has 100 heavy (non-hydrogen) atoms. The standard InChI is InChI=1S/C81H148O17P2/c1-5-9-13-17-21-25-29-33-35-36-37-38-40-44-46-50-54-58-62-66-79(84)92-72-77(98-81(86)68-64-60-56-52-48-42-32-28-24-20-16-12-8-4)74-96-100(89,90)94-70-75(82)69-93-99(87,88)95-73-76(97-80(85)67-63-59-55-51-47-41-31-27-23-19-15-11-7-3)71-91-78(83)65-61-57-53-49-45-43-39-34-30-26-22-18-14-10-6-2/h21,25,27-28,31-33,35,37-38,75-77,82H,5-20,22-24,26,29-30,34,36,39-74H2,1-4H3,(H,87,88)(H,89,90)/b25-21-,31-27-,32-28-,35-33-,38-37-. The zero-order chi connectivity index (χ0) is 73.2. The highest BCUT2D eigenvalue weighted by atomic mass is 31.2. The summed E-state index contributed by atoms with van der Waals surface area (Å²) in [4.78, 5) is 73.0. The Labute approximate surface area is 610 Å². The van der Waals surface area contributed by atoms with Gasteiger partial charge in [-0.3, -0.25) is 37.3 Å². The van der Waals surface area contributed by atoms with Gasteiger partial charge in [0.15, 0.2) is 12.2 Å². The number of esters is 4. The fraction of sp³-hybridized carbons (Fsp3) is 0.827. The molecule has 0 heterocycles. The van der Waals surface area contributed by atoms with Crippen LogP contribution in [0.25, 0.3) is 0 Å². The van der Waals surface area contributed by atoms with Crippen LogP contribution in [0.15, 0.2) is 60.8 Å². The molecule has 0 aliphatic heterocycles. The number of hydrogen-bond donors (Lipinski definition) is 3. The van der Waals surface area contributed by atoms with Crippen molar-refractivity contribution in [3.63, 3.8) is 0 Å². The molecule has 0 aromatic heterocycles. The molecule has 19 heteroatoms. The molecule has 0 fully saturated rings. The Morgan fingerprint density at radius 2 is 0.490 bits per heavy atom. The van der Waals surface area contributed by atoms with E-state index in [1.807, 2.05) is 0 Å². The minimum absolute atomic E-state index is 0.0853. The van der Waals surface area contributed by atoms with Gasteiger partial charge in [-0.05, 0) is 116 Å². The number of carbonyl (C=O) groups is 4. The number of rotatable bonds is 77. The Hall–Kier alpha value is -3.24. The van der Waals surface area contributed by atoms with E-state index in [4.69, 9.17) is 37.0 Å². The molecule has 0 aromatic rings. The molecule has 0 saturated carbocycles. The first-order chi connectivity index (χ1) is 48.7. The maximum absolute atomic E-state index is 13.1. The minimum atomic E-state index is -4.97. The highest BCUT2D eigenvalue weighted by Gasteiger charge is 2.30. The summed E-state index contributed by atoms with van der Waals surface area (Å²) in [7, 11) is -9.94. The van der Waals surface area contributed by atoms with Gasteiger partial charge in [0, 0.05) is 25.7 Å². The zero-order valence-electron chi connectivity index (χ0n) is 63.9. The van der Waals surface area contributed by atoms with Crippen LogP contribution in [-0.4, -0.2) is 96.7 Å². The maximum Gasteiger partial charge on any atom is 0.472 e. The monoisotopic (exact) mass is 1460 g/mol. The van der Waals surface area contributed by atoms with E-state index in [0.717, 1.165) is 154 Å². The number of ether oxygens (including phenoxy) is 4. The summed E-state index contributed by atoms with van der Waals surface area (Å²) in [6.45, 7) is 4.86. The van der Waals surface area contributed by atoms with E-state index < -0.39 is 97.5 Å². The summed E-state index contributed by atoms with van der Waals surface area (Å²) < 4.78 is 68.6. The van der Waals surface area contributed by atoms with E-state index >= 15 is 0 Å². The zero-order valence-corrected chi connectivity index (χ0v) is 65.7. The van der Waals surface area contributed by atoms with Gasteiger partial charge in [-0.1, -0.05) is 294 Å². The van der Waals surface area contributed by atoms with E-state index in [9.17, 15) is 43.2 Å². The van der Waals surface area contributed by atoms with Gasteiger partial charge < -0.3 is 33.8 Å². The highest BCUT2D eigenvalue weighted by molar-refractivity contribution is 7.47. The van der Waals surface area contributed by atoms with Crippen LogP contribution >= 0.6 is 15.6 Å². The summed E-state index contributed by atoms with van der Waals surface area (Å²) in [6, 6.07) is 0. The maximum atomic E-state index is 13.1. The first kappa shape index (κ1) is 96.8. The lowest BCUT2D eigenvalue weighted by atomic mass is 10.0. The van der Waals surface area contributed by atoms with Crippen LogP contribution < -0.4 is 0 Å². The first-order valence-electron chi connectivity index (χ1n) is 40.5. The molecule has 584 valence electrons. The van der Waals surface area contributed by atoms with E-state index in [-0.39, 0.29) is 25.7 Å². The number of hydrogen-bond acceptors (Lipinski definition) is 15. The van der Waals surface area contributed by atoms with E-state index in [2.05, 4.69) is 88.5 Å². The second-order valence-corrected chi connectivity index (χ2v) is 30.3. The second kappa shape index (κ2) is 74.0. The lowest BCUT2D eigenvalue weighted by Gasteiger charge is -2.21. The van der Waals surface area contributed by atoms with Crippen LogP contribution in [0.2, 0.25) is 0 Å². The van der Waals surface area contributed by atoms with E-state index in [0.29, 0.717) is 25.7 Å². The van der Waals surface area contributed by atoms with Gasteiger partial charge in [0.05, 0.1) is 26.4 Å². The van der Waals surface area contributed by atoms with Gasteiger partial charge in [-0.25, -0.2) is 9.13 Å². The van der Waals surface area contributed by atoms with Crippen molar-refractivity contribution >= 4 is 39.5 Å². The molecular formula is C81H148O17P2. The average molecular weight is 1460 g/mol. The normalized spacial score (nSPS) is 14.2. The quantitative estimate of drug-likeness (QED) is 0.0169. The van der Waals surface area contributed by atoms with Crippen LogP contribution in [0.3, 0.4) is 0 Å². The number of carbonyl (C=O) groups excluding carboxylic acids is 4. The highest BCUT2D eigenvalue weighted by Crippen LogP contribution is 2.45. The lowest BCUT2D eigenvalue weighted by Crippen LogP contribution is -2.30. The molecule has 5 atom stereocenters. The summed E-state index contributed by atoms with van der Waals surface area (Å²) in [5.41, 5.74) is 0. The lowest BCUT2D eigenvalue weighted by molar-refractivity contribution is -0.161. The van der Waals surface area contributed by atoms with Crippen molar-refractivity contribution in [2.75, 3.05) is 39.6 Å². The Morgan fingerprint density at radius 3 is 0.790 bits per heavy atom.